The van der Waals surface area contributed by atoms with E-state index in [0.717, 1.165) is 15.6 Å². The van der Waals surface area contributed by atoms with Gasteiger partial charge in [-0.25, -0.2) is 0 Å². The number of hydrogen-bond acceptors (Lipinski definition) is 1. The van der Waals surface area contributed by atoms with Gasteiger partial charge in [-0.05, 0) is 35.4 Å². The lowest BCUT2D eigenvalue weighted by Crippen LogP contribution is -2.01. The predicted molar refractivity (Wildman–Crippen MR) is 79.3 cm³/mol. The van der Waals surface area contributed by atoms with Crippen LogP contribution in [0.15, 0.2) is 46.9 Å². The highest BCUT2D eigenvalue weighted by molar-refractivity contribution is 9.10. The maximum absolute atomic E-state index is 10.1. The Morgan fingerprint density at radius 2 is 1.67 bits per heavy atom. The van der Waals surface area contributed by atoms with Crippen LogP contribution in [0, 0.1) is 0 Å². The average Bonchev–Trinajstić information content (AvgIpc) is 2.35. The lowest BCUT2D eigenvalue weighted by Gasteiger charge is -2.12. The minimum absolute atomic E-state index is 0.462. The molecule has 0 spiro atoms. The Kier molecular flexibility index (Phi) is 4.68. The molecule has 1 atom stereocenters. The third-order valence-electron chi connectivity index (χ3n) is 2.67. The lowest BCUT2D eigenvalue weighted by molar-refractivity contribution is 0.178. The van der Waals surface area contributed by atoms with Crippen LogP contribution in [-0.2, 0) is 6.42 Å². The Balaban J connectivity index is 2.13. The van der Waals surface area contributed by atoms with Gasteiger partial charge in [-0.3, -0.25) is 0 Å². The summed E-state index contributed by atoms with van der Waals surface area (Å²) in [4.78, 5) is 0. The molecule has 1 unspecified atom stereocenters. The van der Waals surface area contributed by atoms with Crippen molar-refractivity contribution in [3.8, 4) is 0 Å². The fraction of sp³-hybridized carbons (Fsp3) is 0.143. The first-order valence-corrected chi connectivity index (χ1v) is 6.98. The van der Waals surface area contributed by atoms with Gasteiger partial charge >= 0.3 is 0 Å². The molecule has 0 aliphatic rings. The summed E-state index contributed by atoms with van der Waals surface area (Å²) in [6.45, 7) is 0. The monoisotopic (exact) mass is 344 g/mol. The Morgan fingerprint density at radius 3 is 2.28 bits per heavy atom. The largest absolute Gasteiger partial charge is 0.388 e. The SMILES string of the molecule is OC(Cc1ccc(Br)cc1)c1ccc(Cl)c(Cl)c1. The van der Waals surface area contributed by atoms with Gasteiger partial charge < -0.3 is 5.11 Å². The van der Waals surface area contributed by atoms with Gasteiger partial charge in [0.25, 0.3) is 0 Å². The van der Waals surface area contributed by atoms with Crippen molar-refractivity contribution in [2.75, 3.05) is 0 Å². The normalized spacial score (nSPS) is 12.4. The fourth-order valence-corrected chi connectivity index (χ4v) is 2.25. The molecule has 0 radical (unpaired) electrons. The molecule has 94 valence electrons. The van der Waals surface area contributed by atoms with E-state index < -0.39 is 6.10 Å². The molecule has 0 bridgehead atoms. The van der Waals surface area contributed by atoms with E-state index in [1.807, 2.05) is 24.3 Å². The molecule has 2 rings (SSSR count). The van der Waals surface area contributed by atoms with Crippen molar-refractivity contribution in [3.63, 3.8) is 0 Å². The topological polar surface area (TPSA) is 20.2 Å². The molecule has 1 nitrogen and oxygen atoms in total. The average molecular weight is 346 g/mol. The maximum Gasteiger partial charge on any atom is 0.0830 e. The molecule has 0 amide bonds. The zero-order chi connectivity index (χ0) is 13.1. The van der Waals surface area contributed by atoms with Gasteiger partial charge in [-0.2, -0.15) is 0 Å². The number of benzene rings is 2. The molecule has 0 aromatic heterocycles. The van der Waals surface area contributed by atoms with Crippen LogP contribution in [0.2, 0.25) is 10.0 Å². The predicted octanol–water partition coefficient (Wildman–Crippen LogP) is 5.03. The van der Waals surface area contributed by atoms with E-state index in [0.29, 0.717) is 16.5 Å². The van der Waals surface area contributed by atoms with E-state index >= 15 is 0 Å². The number of hydrogen-bond donors (Lipinski definition) is 1. The Hall–Kier alpha value is -0.540. The van der Waals surface area contributed by atoms with Gasteiger partial charge in [-0.1, -0.05) is 57.3 Å². The van der Waals surface area contributed by atoms with Gasteiger partial charge in [0.05, 0.1) is 16.1 Å². The first kappa shape index (κ1) is 13.9. The standard InChI is InChI=1S/C14H11BrCl2O/c15-11-4-1-9(2-5-11)7-14(18)10-3-6-12(16)13(17)8-10/h1-6,8,14,18H,7H2. The second-order valence-electron chi connectivity index (χ2n) is 4.02. The Morgan fingerprint density at radius 1 is 1.00 bits per heavy atom. The minimum atomic E-state index is -0.582. The lowest BCUT2D eigenvalue weighted by atomic mass is 10.0. The summed E-state index contributed by atoms with van der Waals surface area (Å²) < 4.78 is 1.02. The van der Waals surface area contributed by atoms with Crippen molar-refractivity contribution in [1.82, 2.24) is 0 Å². The molecule has 2 aromatic carbocycles. The van der Waals surface area contributed by atoms with Crippen LogP contribution < -0.4 is 0 Å². The number of rotatable bonds is 3. The van der Waals surface area contributed by atoms with Gasteiger partial charge in [0, 0.05) is 10.9 Å². The van der Waals surface area contributed by atoms with Crippen molar-refractivity contribution >= 4 is 39.1 Å². The Labute approximate surface area is 124 Å². The molecule has 0 fully saturated rings. The smallest absolute Gasteiger partial charge is 0.0830 e. The van der Waals surface area contributed by atoms with Crippen molar-refractivity contribution in [3.05, 3.63) is 68.1 Å². The summed E-state index contributed by atoms with van der Waals surface area (Å²) in [5.41, 5.74) is 1.84. The number of aliphatic hydroxyl groups excluding tert-OH is 1. The van der Waals surface area contributed by atoms with Gasteiger partial charge in [0.15, 0.2) is 0 Å². The molecule has 0 saturated carbocycles. The van der Waals surface area contributed by atoms with Crippen LogP contribution in [0.5, 0.6) is 0 Å². The molecule has 0 saturated heterocycles. The summed E-state index contributed by atoms with van der Waals surface area (Å²) in [6.07, 6.45) is -0.0356. The minimum Gasteiger partial charge on any atom is -0.388 e. The van der Waals surface area contributed by atoms with E-state index in [1.165, 1.54) is 0 Å². The second kappa shape index (κ2) is 6.07. The zero-order valence-electron chi connectivity index (χ0n) is 9.41. The molecule has 0 heterocycles. The van der Waals surface area contributed by atoms with Crippen LogP contribution in [0.25, 0.3) is 0 Å². The fourth-order valence-electron chi connectivity index (χ4n) is 1.68. The molecule has 18 heavy (non-hydrogen) atoms. The molecule has 2 aromatic rings. The third kappa shape index (κ3) is 3.48. The molecule has 0 aliphatic heterocycles. The van der Waals surface area contributed by atoms with Crippen molar-refractivity contribution in [1.29, 1.82) is 0 Å². The summed E-state index contributed by atoms with van der Waals surface area (Å²) in [6, 6.07) is 13.1. The van der Waals surface area contributed by atoms with Gasteiger partial charge in [0.1, 0.15) is 0 Å². The maximum atomic E-state index is 10.1. The van der Waals surface area contributed by atoms with Gasteiger partial charge in [0.2, 0.25) is 0 Å². The van der Waals surface area contributed by atoms with E-state index in [1.54, 1.807) is 18.2 Å². The highest BCUT2D eigenvalue weighted by Crippen LogP contribution is 2.27. The van der Waals surface area contributed by atoms with Crippen molar-refractivity contribution in [2.45, 2.75) is 12.5 Å². The van der Waals surface area contributed by atoms with Crippen LogP contribution in [-0.4, -0.2) is 5.11 Å². The zero-order valence-corrected chi connectivity index (χ0v) is 12.5. The highest BCUT2D eigenvalue weighted by atomic mass is 79.9. The molecule has 0 aliphatic carbocycles. The van der Waals surface area contributed by atoms with Crippen LogP contribution >= 0.6 is 39.1 Å². The van der Waals surface area contributed by atoms with E-state index in [4.69, 9.17) is 23.2 Å². The first-order chi connectivity index (χ1) is 8.56. The van der Waals surface area contributed by atoms with Crippen LogP contribution in [0.4, 0.5) is 0 Å². The second-order valence-corrected chi connectivity index (χ2v) is 5.75. The quantitative estimate of drug-likeness (QED) is 0.826. The van der Waals surface area contributed by atoms with Crippen molar-refractivity contribution in [2.24, 2.45) is 0 Å². The number of halogens is 3. The summed E-state index contributed by atoms with van der Waals surface area (Å²) in [5.74, 6) is 0. The Bertz CT molecular complexity index is 540. The summed E-state index contributed by atoms with van der Waals surface area (Å²) in [7, 11) is 0. The van der Waals surface area contributed by atoms with Gasteiger partial charge in [-0.15, -0.1) is 0 Å². The van der Waals surface area contributed by atoms with Crippen LogP contribution in [0.3, 0.4) is 0 Å². The van der Waals surface area contributed by atoms with E-state index in [2.05, 4.69) is 15.9 Å². The molecular formula is C14H11BrCl2O. The summed E-state index contributed by atoms with van der Waals surface area (Å²) >= 11 is 15.2. The van der Waals surface area contributed by atoms with E-state index in [-0.39, 0.29) is 0 Å². The highest BCUT2D eigenvalue weighted by Gasteiger charge is 2.10. The molecule has 1 N–H and O–H groups in total. The summed E-state index contributed by atoms with van der Waals surface area (Å²) in [5, 5.41) is 11.1. The van der Waals surface area contributed by atoms with Crippen molar-refractivity contribution < 1.29 is 5.11 Å². The molecular weight excluding hydrogens is 335 g/mol. The number of aliphatic hydroxyl groups is 1. The third-order valence-corrected chi connectivity index (χ3v) is 3.94. The van der Waals surface area contributed by atoms with Crippen LogP contribution in [0.1, 0.15) is 17.2 Å². The molecule has 4 heteroatoms. The van der Waals surface area contributed by atoms with E-state index in [9.17, 15) is 5.11 Å². The first-order valence-electron chi connectivity index (χ1n) is 5.44.